The van der Waals surface area contributed by atoms with Gasteiger partial charge in [0, 0.05) is 29.0 Å². The Balaban J connectivity index is 1.48. The molecule has 1 saturated carbocycles. The molecule has 0 bridgehead atoms. The van der Waals surface area contributed by atoms with Gasteiger partial charge >= 0.3 is 0 Å². The van der Waals surface area contributed by atoms with Gasteiger partial charge in [-0.3, -0.25) is 19.0 Å². The monoisotopic (exact) mass is 471 g/mol. The molecule has 9 heteroatoms. The summed E-state index contributed by atoms with van der Waals surface area (Å²) in [6.45, 7) is 0. The average molecular weight is 472 g/mol. The highest BCUT2D eigenvalue weighted by Crippen LogP contribution is 2.36. The van der Waals surface area contributed by atoms with Crippen LogP contribution in [0, 0.1) is 17.7 Å². The van der Waals surface area contributed by atoms with E-state index >= 15 is 0 Å². The zero-order valence-corrected chi connectivity index (χ0v) is 18.1. The number of nitrogens with one attached hydrogen (secondary N) is 2. The summed E-state index contributed by atoms with van der Waals surface area (Å²) in [5.74, 6) is -3.75. The molecule has 1 aliphatic rings. The predicted octanol–water partition coefficient (Wildman–Crippen LogP) is 4.57. The minimum Gasteiger partial charge on any atom is -0.326 e. The summed E-state index contributed by atoms with van der Waals surface area (Å²) in [6.07, 6.45) is -0.0579. The van der Waals surface area contributed by atoms with Crippen molar-refractivity contribution in [2.75, 3.05) is 10.6 Å². The van der Waals surface area contributed by atoms with Crippen LogP contribution in [-0.4, -0.2) is 22.6 Å². The standard InChI is InChI=1S/C24H20ClF2N3O3/c25-14-4-6-16(7-5-14)28-23(32)18-11-15(26)12-19(18)24(33)29-21-9-8-17(13-20(21)27)30-10-2-1-3-22(30)31/h1-10,13,15,18-19H,11-12H2,(H,28,32)(H,29,33)/t15-,18-,19-/m0/s1. The van der Waals surface area contributed by atoms with E-state index < -0.39 is 35.6 Å². The van der Waals surface area contributed by atoms with Crippen LogP contribution in [0.4, 0.5) is 20.2 Å². The lowest BCUT2D eigenvalue weighted by molar-refractivity contribution is -0.128. The van der Waals surface area contributed by atoms with E-state index in [1.807, 2.05) is 0 Å². The second-order valence-electron chi connectivity index (χ2n) is 7.84. The number of hydrogen-bond donors (Lipinski definition) is 2. The van der Waals surface area contributed by atoms with E-state index in [4.69, 9.17) is 11.6 Å². The molecule has 2 N–H and O–H groups in total. The van der Waals surface area contributed by atoms with Gasteiger partial charge in [-0.1, -0.05) is 17.7 Å². The number of benzene rings is 2. The molecule has 4 rings (SSSR count). The number of pyridine rings is 1. The molecular weight excluding hydrogens is 452 g/mol. The van der Waals surface area contributed by atoms with Crippen LogP contribution in [0.25, 0.3) is 5.69 Å². The molecule has 0 saturated heterocycles. The zero-order valence-electron chi connectivity index (χ0n) is 17.3. The van der Waals surface area contributed by atoms with Gasteiger partial charge in [0.05, 0.1) is 23.2 Å². The molecule has 1 aliphatic carbocycles. The van der Waals surface area contributed by atoms with Gasteiger partial charge < -0.3 is 10.6 Å². The first kappa shape index (κ1) is 22.7. The van der Waals surface area contributed by atoms with Gasteiger partial charge in [-0.25, -0.2) is 8.78 Å². The van der Waals surface area contributed by atoms with E-state index in [-0.39, 0.29) is 24.1 Å². The van der Waals surface area contributed by atoms with Crippen molar-refractivity contribution < 1.29 is 18.4 Å². The minimum atomic E-state index is -1.32. The molecule has 0 aliphatic heterocycles. The Bertz CT molecular complexity index is 1250. The first-order valence-electron chi connectivity index (χ1n) is 10.3. The van der Waals surface area contributed by atoms with Crippen molar-refractivity contribution in [3.8, 4) is 5.69 Å². The van der Waals surface area contributed by atoms with Gasteiger partial charge in [0.2, 0.25) is 11.8 Å². The topological polar surface area (TPSA) is 80.2 Å². The Kier molecular flexibility index (Phi) is 6.55. The van der Waals surface area contributed by atoms with E-state index in [9.17, 15) is 23.2 Å². The number of carbonyl (C=O) groups is 2. The molecule has 1 aromatic heterocycles. The lowest BCUT2D eigenvalue weighted by Crippen LogP contribution is -2.33. The van der Waals surface area contributed by atoms with Crippen LogP contribution in [0.2, 0.25) is 5.02 Å². The molecule has 0 unspecified atom stereocenters. The van der Waals surface area contributed by atoms with E-state index in [0.29, 0.717) is 16.4 Å². The molecule has 2 aromatic carbocycles. The summed E-state index contributed by atoms with van der Waals surface area (Å²) in [6, 6.07) is 14.9. The van der Waals surface area contributed by atoms with Gasteiger partial charge in [0.15, 0.2) is 0 Å². The van der Waals surface area contributed by atoms with Crippen molar-refractivity contribution in [3.05, 3.63) is 88.1 Å². The Morgan fingerprint density at radius 3 is 2.24 bits per heavy atom. The van der Waals surface area contributed by atoms with E-state index in [2.05, 4.69) is 10.6 Å². The van der Waals surface area contributed by atoms with E-state index in [0.717, 1.165) is 6.07 Å². The highest BCUT2D eigenvalue weighted by molar-refractivity contribution is 6.30. The average Bonchev–Trinajstić information content (AvgIpc) is 3.19. The molecule has 6 nitrogen and oxygen atoms in total. The molecule has 170 valence electrons. The highest BCUT2D eigenvalue weighted by Gasteiger charge is 2.43. The third kappa shape index (κ3) is 5.12. The Morgan fingerprint density at radius 1 is 0.939 bits per heavy atom. The van der Waals surface area contributed by atoms with Crippen LogP contribution >= 0.6 is 11.6 Å². The Labute approximate surface area is 193 Å². The maximum Gasteiger partial charge on any atom is 0.255 e. The molecule has 1 heterocycles. The maximum absolute atomic E-state index is 14.7. The minimum absolute atomic E-state index is 0.101. The molecule has 1 fully saturated rings. The number of amides is 2. The zero-order chi connectivity index (χ0) is 23.5. The number of nitrogens with zero attached hydrogens (tertiary/aromatic N) is 1. The number of halogens is 3. The fourth-order valence-corrected chi connectivity index (χ4v) is 4.07. The molecule has 2 amide bonds. The van der Waals surface area contributed by atoms with Crippen molar-refractivity contribution in [2.45, 2.75) is 19.0 Å². The van der Waals surface area contributed by atoms with Gasteiger partial charge in [-0.15, -0.1) is 0 Å². The molecule has 3 atom stereocenters. The molecule has 0 radical (unpaired) electrons. The van der Waals surface area contributed by atoms with Crippen LogP contribution in [0.5, 0.6) is 0 Å². The largest absolute Gasteiger partial charge is 0.326 e. The summed E-state index contributed by atoms with van der Waals surface area (Å²) >= 11 is 5.84. The molecule has 3 aromatic rings. The Hall–Kier alpha value is -3.52. The van der Waals surface area contributed by atoms with Crippen molar-refractivity contribution in [2.24, 2.45) is 11.8 Å². The van der Waals surface area contributed by atoms with Crippen LogP contribution in [0.3, 0.4) is 0 Å². The number of anilines is 2. The van der Waals surface area contributed by atoms with Gasteiger partial charge in [-0.2, -0.15) is 0 Å². The van der Waals surface area contributed by atoms with Crippen molar-refractivity contribution in [1.82, 2.24) is 4.57 Å². The second kappa shape index (κ2) is 9.54. The normalized spacial score (nSPS) is 19.8. The van der Waals surface area contributed by atoms with Crippen LogP contribution in [0.1, 0.15) is 12.8 Å². The van der Waals surface area contributed by atoms with Crippen molar-refractivity contribution in [3.63, 3.8) is 0 Å². The van der Waals surface area contributed by atoms with Crippen LogP contribution in [0.15, 0.2) is 71.7 Å². The van der Waals surface area contributed by atoms with Crippen molar-refractivity contribution in [1.29, 1.82) is 0 Å². The predicted molar refractivity (Wildman–Crippen MR) is 122 cm³/mol. The quantitative estimate of drug-likeness (QED) is 0.572. The molecular formula is C24H20ClF2N3O3. The summed E-state index contributed by atoms with van der Waals surface area (Å²) in [5, 5.41) is 5.63. The summed E-state index contributed by atoms with van der Waals surface area (Å²) in [7, 11) is 0. The summed E-state index contributed by atoms with van der Waals surface area (Å²) < 4.78 is 30.1. The fourth-order valence-electron chi connectivity index (χ4n) is 3.94. The van der Waals surface area contributed by atoms with Crippen LogP contribution < -0.4 is 16.2 Å². The fraction of sp³-hybridized carbons (Fsp3) is 0.208. The van der Waals surface area contributed by atoms with Gasteiger partial charge in [0.25, 0.3) is 5.56 Å². The van der Waals surface area contributed by atoms with Gasteiger partial charge in [-0.05, 0) is 55.3 Å². The molecule has 33 heavy (non-hydrogen) atoms. The highest BCUT2D eigenvalue weighted by atomic mass is 35.5. The Morgan fingerprint density at radius 2 is 1.61 bits per heavy atom. The lowest BCUT2D eigenvalue weighted by atomic mass is 9.94. The smallest absolute Gasteiger partial charge is 0.255 e. The number of aromatic nitrogens is 1. The van der Waals surface area contributed by atoms with Crippen molar-refractivity contribution >= 4 is 34.8 Å². The number of rotatable bonds is 5. The summed E-state index contributed by atoms with van der Waals surface area (Å²) in [5.41, 5.74) is 0.319. The molecule has 0 spiro atoms. The van der Waals surface area contributed by atoms with Gasteiger partial charge in [0.1, 0.15) is 12.0 Å². The number of alkyl halides is 1. The first-order valence-corrected chi connectivity index (χ1v) is 10.7. The summed E-state index contributed by atoms with van der Waals surface area (Å²) in [4.78, 5) is 37.5. The van der Waals surface area contributed by atoms with E-state index in [1.54, 1.807) is 36.4 Å². The third-order valence-corrected chi connectivity index (χ3v) is 5.85. The van der Waals surface area contributed by atoms with E-state index in [1.165, 1.54) is 29.0 Å². The number of carbonyl (C=O) groups excluding carboxylic acids is 2. The SMILES string of the molecule is O=C(Nc1ccc(Cl)cc1)[C@H]1C[C@H](F)C[C@@H]1C(=O)Nc1ccc(-n2ccccc2=O)cc1F. The van der Waals surface area contributed by atoms with Crippen LogP contribution in [-0.2, 0) is 9.59 Å². The number of hydrogen-bond acceptors (Lipinski definition) is 3. The first-order chi connectivity index (χ1) is 15.8. The lowest BCUT2D eigenvalue weighted by Gasteiger charge is -2.19. The third-order valence-electron chi connectivity index (χ3n) is 5.60. The second-order valence-corrected chi connectivity index (χ2v) is 8.28. The maximum atomic E-state index is 14.7.